The monoisotopic (exact) mass is 506 g/mol. The maximum atomic E-state index is 12.2. The van der Waals surface area contributed by atoms with Gasteiger partial charge in [-0.25, -0.2) is 0 Å². The van der Waals surface area contributed by atoms with Crippen molar-refractivity contribution in [2.24, 2.45) is 4.99 Å². The standard InChI is InChI=1S/C18H20F2N4O3.HI/c1-21-18(22-11-14-5-3-4-6-16(14)24(25)26)23(2)12-13-7-9-15(10-8-13)27-17(19)20;/h3-10,17H,11-12H2,1-2H3,(H,21,22);1H. The van der Waals surface area contributed by atoms with Gasteiger partial charge in [0, 0.05) is 38.8 Å². The van der Waals surface area contributed by atoms with Crippen LogP contribution in [0.5, 0.6) is 5.75 Å². The third kappa shape index (κ3) is 6.91. The van der Waals surface area contributed by atoms with E-state index in [4.69, 9.17) is 0 Å². The lowest BCUT2D eigenvalue weighted by molar-refractivity contribution is -0.385. The van der Waals surface area contributed by atoms with Crippen molar-refractivity contribution in [2.75, 3.05) is 14.1 Å². The van der Waals surface area contributed by atoms with Crippen molar-refractivity contribution in [3.8, 4) is 5.75 Å². The molecule has 0 atom stereocenters. The van der Waals surface area contributed by atoms with Gasteiger partial charge in [-0.1, -0.05) is 30.3 Å². The molecular weight excluding hydrogens is 485 g/mol. The fourth-order valence-electron chi connectivity index (χ4n) is 2.52. The lowest BCUT2D eigenvalue weighted by Gasteiger charge is -2.22. The number of hydrogen-bond donors (Lipinski definition) is 1. The van der Waals surface area contributed by atoms with Crippen LogP contribution in [0.1, 0.15) is 11.1 Å². The van der Waals surface area contributed by atoms with E-state index in [0.717, 1.165) is 5.56 Å². The highest BCUT2D eigenvalue weighted by molar-refractivity contribution is 14.0. The summed E-state index contributed by atoms with van der Waals surface area (Å²) in [5.41, 5.74) is 1.45. The molecule has 2 rings (SSSR count). The van der Waals surface area contributed by atoms with Crippen LogP contribution in [0, 0.1) is 10.1 Å². The fourth-order valence-corrected chi connectivity index (χ4v) is 2.52. The number of nitrogens with zero attached hydrogens (tertiary/aromatic N) is 3. The second-order valence-corrected chi connectivity index (χ2v) is 5.67. The first kappa shape index (κ1) is 23.5. The van der Waals surface area contributed by atoms with Gasteiger partial charge in [-0.3, -0.25) is 15.1 Å². The smallest absolute Gasteiger partial charge is 0.387 e. The predicted molar refractivity (Wildman–Crippen MR) is 113 cm³/mol. The molecule has 0 aliphatic carbocycles. The summed E-state index contributed by atoms with van der Waals surface area (Å²) in [5.74, 6) is 0.636. The van der Waals surface area contributed by atoms with Crippen LogP contribution in [0.25, 0.3) is 0 Å². The highest BCUT2D eigenvalue weighted by atomic mass is 127. The van der Waals surface area contributed by atoms with Gasteiger partial charge in [0.25, 0.3) is 5.69 Å². The number of para-hydroxylation sites is 1. The van der Waals surface area contributed by atoms with E-state index >= 15 is 0 Å². The maximum Gasteiger partial charge on any atom is 0.387 e. The fraction of sp³-hybridized carbons (Fsp3) is 0.278. The number of guanidine groups is 1. The SMILES string of the molecule is CN=C(NCc1ccccc1[N+](=O)[O-])N(C)Cc1ccc(OC(F)F)cc1.I. The molecule has 0 amide bonds. The van der Waals surface area contributed by atoms with Crippen LogP contribution in [0.3, 0.4) is 0 Å². The van der Waals surface area contributed by atoms with Crippen LogP contribution in [-0.4, -0.2) is 36.5 Å². The van der Waals surface area contributed by atoms with Gasteiger partial charge in [-0.15, -0.1) is 24.0 Å². The van der Waals surface area contributed by atoms with Gasteiger partial charge in [0.15, 0.2) is 5.96 Å². The molecule has 0 radical (unpaired) electrons. The number of nitro benzene ring substituents is 1. The zero-order valence-electron chi connectivity index (χ0n) is 15.3. The zero-order valence-corrected chi connectivity index (χ0v) is 17.7. The average Bonchev–Trinajstić information content (AvgIpc) is 2.63. The molecule has 0 heterocycles. The largest absolute Gasteiger partial charge is 0.435 e. The van der Waals surface area contributed by atoms with E-state index < -0.39 is 11.5 Å². The van der Waals surface area contributed by atoms with Crippen LogP contribution < -0.4 is 10.1 Å². The van der Waals surface area contributed by atoms with Crippen molar-refractivity contribution < 1.29 is 18.4 Å². The van der Waals surface area contributed by atoms with E-state index in [-0.39, 0.29) is 42.0 Å². The van der Waals surface area contributed by atoms with Gasteiger partial charge in [0.2, 0.25) is 0 Å². The summed E-state index contributed by atoms with van der Waals surface area (Å²) in [6, 6.07) is 12.8. The van der Waals surface area contributed by atoms with Crippen LogP contribution >= 0.6 is 24.0 Å². The summed E-state index contributed by atoms with van der Waals surface area (Å²) in [4.78, 5) is 16.6. The Kier molecular flexibility index (Phi) is 9.56. The third-order valence-corrected chi connectivity index (χ3v) is 3.77. The van der Waals surface area contributed by atoms with Crippen molar-refractivity contribution >= 4 is 35.6 Å². The number of aliphatic imine (C=N–C) groups is 1. The Balaban J connectivity index is 0.00000392. The third-order valence-electron chi connectivity index (χ3n) is 3.77. The quantitative estimate of drug-likeness (QED) is 0.202. The number of benzene rings is 2. The highest BCUT2D eigenvalue weighted by Crippen LogP contribution is 2.18. The number of halogens is 3. The minimum Gasteiger partial charge on any atom is -0.435 e. The Morgan fingerprint density at radius 1 is 1.25 bits per heavy atom. The number of hydrogen-bond acceptors (Lipinski definition) is 4. The van der Waals surface area contributed by atoms with Crippen molar-refractivity contribution in [1.82, 2.24) is 10.2 Å². The Morgan fingerprint density at radius 3 is 2.46 bits per heavy atom. The maximum absolute atomic E-state index is 12.2. The predicted octanol–water partition coefficient (Wildman–Crippen LogP) is 4.02. The van der Waals surface area contributed by atoms with Gasteiger partial charge in [-0.2, -0.15) is 8.78 Å². The van der Waals surface area contributed by atoms with Gasteiger partial charge in [0.1, 0.15) is 5.75 Å². The Labute approximate surface area is 178 Å². The minimum absolute atomic E-state index is 0. The van der Waals surface area contributed by atoms with Crippen LogP contribution in [-0.2, 0) is 13.1 Å². The number of ether oxygens (including phenoxy) is 1. The van der Waals surface area contributed by atoms with Crippen molar-refractivity contribution in [2.45, 2.75) is 19.7 Å². The Bertz CT molecular complexity index is 804. The normalized spacial score (nSPS) is 11.0. The molecule has 0 spiro atoms. The molecule has 0 saturated carbocycles. The van der Waals surface area contributed by atoms with Crippen LogP contribution in [0.15, 0.2) is 53.5 Å². The molecule has 0 fully saturated rings. The number of nitrogens with one attached hydrogen (secondary N) is 1. The van der Waals surface area contributed by atoms with Crippen molar-refractivity contribution in [3.63, 3.8) is 0 Å². The van der Waals surface area contributed by atoms with Crippen LogP contribution in [0.4, 0.5) is 14.5 Å². The summed E-state index contributed by atoms with van der Waals surface area (Å²) in [5, 5.41) is 14.2. The van der Waals surface area contributed by atoms with Gasteiger partial charge in [0.05, 0.1) is 4.92 Å². The molecular formula is C18H21F2IN4O3. The molecule has 7 nitrogen and oxygen atoms in total. The molecule has 0 saturated heterocycles. The molecule has 0 aromatic heterocycles. The second kappa shape index (κ2) is 11.4. The first-order valence-electron chi connectivity index (χ1n) is 8.08. The van der Waals surface area contributed by atoms with Gasteiger partial charge < -0.3 is 15.0 Å². The molecule has 0 aliphatic heterocycles. The lowest BCUT2D eigenvalue weighted by Crippen LogP contribution is -2.38. The van der Waals surface area contributed by atoms with Gasteiger partial charge in [-0.05, 0) is 17.7 Å². The lowest BCUT2D eigenvalue weighted by atomic mass is 10.2. The summed E-state index contributed by atoms with van der Waals surface area (Å²) in [7, 11) is 3.41. The summed E-state index contributed by atoms with van der Waals surface area (Å²) in [6.45, 7) is -2.15. The van der Waals surface area contributed by atoms with E-state index in [1.165, 1.54) is 18.2 Å². The highest BCUT2D eigenvalue weighted by Gasteiger charge is 2.14. The Hall–Kier alpha value is -2.50. The summed E-state index contributed by atoms with van der Waals surface area (Å²) < 4.78 is 28.7. The molecule has 0 bridgehead atoms. The average molecular weight is 506 g/mol. The molecule has 0 unspecified atom stereocenters. The topological polar surface area (TPSA) is 80.0 Å². The number of alkyl halides is 2. The van der Waals surface area contributed by atoms with Gasteiger partial charge >= 0.3 is 6.61 Å². The first-order valence-corrected chi connectivity index (χ1v) is 8.08. The van der Waals surface area contributed by atoms with E-state index in [2.05, 4.69) is 15.0 Å². The van der Waals surface area contributed by atoms with E-state index in [1.54, 1.807) is 44.4 Å². The summed E-state index contributed by atoms with van der Waals surface area (Å²) in [6.07, 6.45) is 0. The molecule has 0 aliphatic rings. The van der Waals surface area contributed by atoms with Crippen molar-refractivity contribution in [3.05, 3.63) is 69.8 Å². The van der Waals surface area contributed by atoms with Crippen molar-refractivity contribution in [1.29, 1.82) is 0 Å². The molecule has 152 valence electrons. The Morgan fingerprint density at radius 2 is 1.89 bits per heavy atom. The molecule has 1 N–H and O–H groups in total. The molecule has 10 heteroatoms. The number of nitro groups is 1. The van der Waals surface area contributed by atoms with Crippen LogP contribution in [0.2, 0.25) is 0 Å². The first-order chi connectivity index (χ1) is 12.9. The molecule has 2 aromatic rings. The van der Waals surface area contributed by atoms with E-state index in [9.17, 15) is 18.9 Å². The number of rotatable bonds is 7. The molecule has 28 heavy (non-hydrogen) atoms. The van der Waals surface area contributed by atoms with E-state index in [1.807, 2.05) is 4.90 Å². The minimum atomic E-state index is -2.86. The summed E-state index contributed by atoms with van der Waals surface area (Å²) >= 11 is 0. The second-order valence-electron chi connectivity index (χ2n) is 5.67. The van der Waals surface area contributed by atoms with E-state index in [0.29, 0.717) is 18.1 Å². The molecule has 2 aromatic carbocycles. The zero-order chi connectivity index (χ0) is 19.8.